The minimum absolute atomic E-state index is 0.0679. The van der Waals surface area contributed by atoms with Crippen LogP contribution in [-0.4, -0.2) is 16.5 Å². The smallest absolute Gasteiger partial charge is 0.258 e. The summed E-state index contributed by atoms with van der Waals surface area (Å²) in [5.41, 5.74) is 1.72. The van der Waals surface area contributed by atoms with Crippen molar-refractivity contribution in [1.29, 1.82) is 0 Å². The summed E-state index contributed by atoms with van der Waals surface area (Å²) in [4.78, 5) is 19.8. The van der Waals surface area contributed by atoms with Gasteiger partial charge in [0.1, 0.15) is 11.6 Å². The van der Waals surface area contributed by atoms with Crippen LogP contribution in [0.3, 0.4) is 0 Å². The predicted octanol–water partition coefficient (Wildman–Crippen LogP) is 5.14. The van der Waals surface area contributed by atoms with E-state index in [0.29, 0.717) is 22.1 Å². The Balaban J connectivity index is 1.61. The van der Waals surface area contributed by atoms with Crippen LogP contribution in [0.25, 0.3) is 21.7 Å². The maximum absolute atomic E-state index is 14.0. The highest BCUT2D eigenvalue weighted by atomic mass is 19.1. The van der Waals surface area contributed by atoms with Gasteiger partial charge in [0.05, 0.1) is 10.9 Å². The lowest BCUT2D eigenvalue weighted by Gasteiger charge is -2.30. The van der Waals surface area contributed by atoms with Gasteiger partial charge in [-0.15, -0.1) is 0 Å². The quantitative estimate of drug-likeness (QED) is 0.477. The minimum atomic E-state index is -0.365. The molecule has 5 heteroatoms. The summed E-state index contributed by atoms with van der Waals surface area (Å²) in [6.45, 7) is 0.755. The van der Waals surface area contributed by atoms with E-state index >= 15 is 0 Å². The van der Waals surface area contributed by atoms with Gasteiger partial charge in [-0.1, -0.05) is 43.2 Å². The summed E-state index contributed by atoms with van der Waals surface area (Å²) in [5, 5.41) is 5.32. The predicted molar refractivity (Wildman–Crippen MR) is 115 cm³/mol. The molecule has 0 bridgehead atoms. The molecule has 0 atom stereocenters. The molecule has 2 N–H and O–H groups in total. The molecule has 2 aromatic carbocycles. The number of rotatable bonds is 4. The number of halogens is 1. The number of nitrogens with zero attached hydrogens (tertiary/aromatic N) is 1. The zero-order valence-corrected chi connectivity index (χ0v) is 16.0. The molecule has 5 rings (SSSR count). The van der Waals surface area contributed by atoms with E-state index in [9.17, 15) is 9.18 Å². The third-order valence-corrected chi connectivity index (χ3v) is 6.22. The highest BCUT2D eigenvalue weighted by Gasteiger charge is 2.35. The molecule has 1 aliphatic rings. The van der Waals surface area contributed by atoms with E-state index in [1.165, 1.54) is 30.5 Å². The number of hydrogen-bond donors (Lipinski definition) is 2. The van der Waals surface area contributed by atoms with Crippen LogP contribution in [0.2, 0.25) is 0 Å². The Labute approximate surface area is 167 Å². The molecular formula is C24H22FN3O. The number of fused-ring (bicyclic) bond motifs is 3. The summed E-state index contributed by atoms with van der Waals surface area (Å²) in [6.07, 6.45) is 6.26. The van der Waals surface area contributed by atoms with E-state index in [4.69, 9.17) is 4.98 Å². The van der Waals surface area contributed by atoms with Crippen molar-refractivity contribution in [1.82, 2.24) is 9.97 Å². The largest absolute Gasteiger partial charge is 0.369 e. The van der Waals surface area contributed by atoms with Crippen molar-refractivity contribution in [2.24, 2.45) is 0 Å². The van der Waals surface area contributed by atoms with Crippen LogP contribution in [0.1, 0.15) is 31.2 Å². The first-order chi connectivity index (χ1) is 14.2. The van der Waals surface area contributed by atoms with Gasteiger partial charge in [-0.2, -0.15) is 0 Å². The van der Waals surface area contributed by atoms with Gasteiger partial charge in [0.15, 0.2) is 0 Å². The van der Waals surface area contributed by atoms with Crippen molar-refractivity contribution < 1.29 is 4.39 Å². The van der Waals surface area contributed by atoms with Gasteiger partial charge < -0.3 is 10.3 Å². The Morgan fingerprint density at radius 3 is 2.62 bits per heavy atom. The number of benzene rings is 2. The van der Waals surface area contributed by atoms with Crippen LogP contribution >= 0.6 is 0 Å². The van der Waals surface area contributed by atoms with Crippen LogP contribution in [0, 0.1) is 5.82 Å². The molecule has 0 radical (unpaired) electrons. The SMILES string of the molecule is O=c1[nH]ccc2nc(NCC3(c4ccccc4)CCCC3)c3ccc(F)cc3c12. The standard InChI is InChI=1S/C24H22FN3O/c25-17-8-9-18-19(14-17)21-20(10-13-26-23(21)29)28-22(18)27-15-24(11-4-5-12-24)16-6-2-1-3-7-16/h1-3,6-10,13-14H,4-5,11-12,15H2,(H,26,29)(H,27,28). The first-order valence-corrected chi connectivity index (χ1v) is 10.1. The van der Waals surface area contributed by atoms with Crippen molar-refractivity contribution in [3.63, 3.8) is 0 Å². The lowest BCUT2D eigenvalue weighted by molar-refractivity contribution is 0.466. The number of nitrogens with one attached hydrogen (secondary N) is 2. The molecule has 0 unspecified atom stereocenters. The summed E-state index contributed by atoms with van der Waals surface area (Å²) in [6, 6.07) is 16.9. The van der Waals surface area contributed by atoms with E-state index in [-0.39, 0.29) is 16.8 Å². The van der Waals surface area contributed by atoms with Crippen LogP contribution in [0.4, 0.5) is 10.2 Å². The number of anilines is 1. The topological polar surface area (TPSA) is 57.8 Å². The molecule has 4 nitrogen and oxygen atoms in total. The van der Waals surface area contributed by atoms with Crippen LogP contribution in [0.15, 0.2) is 65.6 Å². The zero-order chi connectivity index (χ0) is 19.8. The summed E-state index contributed by atoms with van der Waals surface area (Å²) >= 11 is 0. The molecule has 0 spiro atoms. The first kappa shape index (κ1) is 17.9. The second-order valence-electron chi connectivity index (χ2n) is 7.92. The molecule has 146 valence electrons. The average Bonchev–Trinajstić information content (AvgIpc) is 3.23. The van der Waals surface area contributed by atoms with Crippen LogP contribution in [-0.2, 0) is 5.41 Å². The third kappa shape index (κ3) is 3.07. The van der Waals surface area contributed by atoms with E-state index < -0.39 is 0 Å². The molecule has 1 saturated carbocycles. The van der Waals surface area contributed by atoms with Gasteiger partial charge >= 0.3 is 0 Å². The van der Waals surface area contributed by atoms with Gasteiger partial charge in [0, 0.05) is 28.9 Å². The van der Waals surface area contributed by atoms with Gasteiger partial charge in [0.2, 0.25) is 0 Å². The van der Waals surface area contributed by atoms with E-state index in [0.717, 1.165) is 24.8 Å². The fraction of sp³-hybridized carbons (Fsp3) is 0.250. The zero-order valence-electron chi connectivity index (χ0n) is 16.0. The third-order valence-electron chi connectivity index (χ3n) is 6.22. The van der Waals surface area contributed by atoms with Gasteiger partial charge in [-0.05, 0) is 42.7 Å². The Kier molecular flexibility index (Phi) is 4.31. The molecular weight excluding hydrogens is 365 g/mol. The van der Waals surface area contributed by atoms with E-state index in [1.807, 2.05) is 6.07 Å². The van der Waals surface area contributed by atoms with Crippen LogP contribution in [0.5, 0.6) is 0 Å². The number of hydrogen-bond acceptors (Lipinski definition) is 3. The van der Waals surface area contributed by atoms with Crippen molar-refractivity contribution in [2.45, 2.75) is 31.1 Å². The molecule has 2 heterocycles. The summed E-state index contributed by atoms with van der Waals surface area (Å²) < 4.78 is 14.0. The van der Waals surface area contributed by atoms with Crippen molar-refractivity contribution in [2.75, 3.05) is 11.9 Å². The van der Waals surface area contributed by atoms with Crippen LogP contribution < -0.4 is 10.9 Å². The van der Waals surface area contributed by atoms with Crippen molar-refractivity contribution in [3.05, 3.63) is 82.5 Å². The Morgan fingerprint density at radius 1 is 1.03 bits per heavy atom. The average molecular weight is 387 g/mol. The lowest BCUT2D eigenvalue weighted by Crippen LogP contribution is -2.31. The molecule has 1 aliphatic carbocycles. The Bertz CT molecular complexity index is 1240. The number of H-pyrrole nitrogens is 1. The summed E-state index contributed by atoms with van der Waals surface area (Å²) in [5.74, 6) is 0.330. The van der Waals surface area contributed by atoms with E-state index in [1.54, 1.807) is 18.3 Å². The van der Waals surface area contributed by atoms with Gasteiger partial charge in [-0.3, -0.25) is 4.79 Å². The maximum atomic E-state index is 14.0. The normalized spacial score (nSPS) is 15.8. The summed E-state index contributed by atoms with van der Waals surface area (Å²) in [7, 11) is 0. The second-order valence-corrected chi connectivity index (χ2v) is 7.92. The second kappa shape index (κ2) is 6.99. The minimum Gasteiger partial charge on any atom is -0.369 e. The molecule has 1 fully saturated rings. The van der Waals surface area contributed by atoms with Crippen molar-refractivity contribution >= 4 is 27.5 Å². The maximum Gasteiger partial charge on any atom is 0.258 e. The Morgan fingerprint density at radius 2 is 1.83 bits per heavy atom. The molecule has 0 amide bonds. The van der Waals surface area contributed by atoms with E-state index in [2.05, 4.69) is 34.6 Å². The van der Waals surface area contributed by atoms with Gasteiger partial charge in [0.25, 0.3) is 5.56 Å². The highest BCUT2D eigenvalue weighted by molar-refractivity contribution is 6.09. The number of aromatic amines is 1. The first-order valence-electron chi connectivity index (χ1n) is 10.1. The molecule has 4 aromatic rings. The van der Waals surface area contributed by atoms with Crippen molar-refractivity contribution in [3.8, 4) is 0 Å². The monoisotopic (exact) mass is 387 g/mol. The lowest BCUT2D eigenvalue weighted by atomic mass is 9.79. The fourth-order valence-corrected chi connectivity index (χ4v) is 4.73. The number of aromatic nitrogens is 2. The van der Waals surface area contributed by atoms with Gasteiger partial charge in [-0.25, -0.2) is 9.37 Å². The number of pyridine rings is 2. The fourth-order valence-electron chi connectivity index (χ4n) is 4.73. The molecule has 29 heavy (non-hydrogen) atoms. The molecule has 0 aliphatic heterocycles. The Hall–Kier alpha value is -3.21. The molecule has 2 aromatic heterocycles. The molecule has 0 saturated heterocycles. The highest BCUT2D eigenvalue weighted by Crippen LogP contribution is 2.41.